The van der Waals surface area contributed by atoms with E-state index in [9.17, 15) is 13.2 Å². The third kappa shape index (κ3) is 4.86. The lowest BCUT2D eigenvalue weighted by molar-refractivity contribution is -0.137. The molecule has 2 rings (SSSR count). The monoisotopic (exact) mass is 313 g/mol. The van der Waals surface area contributed by atoms with Crippen molar-refractivity contribution in [1.82, 2.24) is 5.32 Å². The highest BCUT2D eigenvalue weighted by atomic mass is 32.1. The van der Waals surface area contributed by atoms with Crippen LogP contribution in [0.25, 0.3) is 0 Å². The lowest BCUT2D eigenvalue weighted by Crippen LogP contribution is -2.33. The standard InChI is InChI=1S/C16H18F3NS/c1-2-20-15(10-13-6-7-21-11-13)9-12-4-3-5-14(8-12)16(17,18)19/h3-8,11,15,20H,2,9-10H2,1H3. The van der Waals surface area contributed by atoms with E-state index in [-0.39, 0.29) is 6.04 Å². The van der Waals surface area contributed by atoms with Gasteiger partial charge in [-0.15, -0.1) is 0 Å². The quantitative estimate of drug-likeness (QED) is 0.826. The first-order valence-corrected chi connectivity index (χ1v) is 7.84. The van der Waals surface area contributed by atoms with Crippen LogP contribution in [0.5, 0.6) is 0 Å². The van der Waals surface area contributed by atoms with Crippen LogP contribution in [-0.2, 0) is 19.0 Å². The highest BCUT2D eigenvalue weighted by molar-refractivity contribution is 7.07. The Morgan fingerprint density at radius 1 is 1.14 bits per heavy atom. The summed E-state index contributed by atoms with van der Waals surface area (Å²) < 4.78 is 38.2. The van der Waals surface area contributed by atoms with Crippen LogP contribution < -0.4 is 5.32 Å². The lowest BCUT2D eigenvalue weighted by Gasteiger charge is -2.18. The molecule has 1 heterocycles. The Morgan fingerprint density at radius 3 is 2.52 bits per heavy atom. The Labute approximate surface area is 126 Å². The number of benzene rings is 1. The van der Waals surface area contributed by atoms with Crippen molar-refractivity contribution in [3.8, 4) is 0 Å². The Balaban J connectivity index is 2.09. The molecular formula is C16H18F3NS. The van der Waals surface area contributed by atoms with Crippen molar-refractivity contribution in [2.75, 3.05) is 6.54 Å². The van der Waals surface area contributed by atoms with E-state index in [1.54, 1.807) is 17.4 Å². The zero-order chi connectivity index (χ0) is 15.3. The van der Waals surface area contributed by atoms with Crippen molar-refractivity contribution in [3.63, 3.8) is 0 Å². The van der Waals surface area contributed by atoms with Crippen molar-refractivity contribution in [2.24, 2.45) is 0 Å². The summed E-state index contributed by atoms with van der Waals surface area (Å²) in [7, 11) is 0. The molecule has 2 aromatic rings. The van der Waals surface area contributed by atoms with Gasteiger partial charge in [-0.05, 0) is 53.4 Å². The predicted octanol–water partition coefficient (Wildman–Crippen LogP) is 4.53. The largest absolute Gasteiger partial charge is 0.416 e. The van der Waals surface area contributed by atoms with Crippen molar-refractivity contribution in [1.29, 1.82) is 0 Å². The first kappa shape index (κ1) is 16.0. The molecule has 0 aliphatic rings. The third-order valence-corrected chi connectivity index (χ3v) is 4.02. The van der Waals surface area contributed by atoms with E-state index in [0.717, 1.165) is 19.0 Å². The highest BCUT2D eigenvalue weighted by Gasteiger charge is 2.30. The zero-order valence-corrected chi connectivity index (χ0v) is 12.6. The molecule has 1 aromatic carbocycles. The summed E-state index contributed by atoms with van der Waals surface area (Å²) in [5.74, 6) is 0. The van der Waals surface area contributed by atoms with Crippen molar-refractivity contribution >= 4 is 11.3 Å². The topological polar surface area (TPSA) is 12.0 Å². The summed E-state index contributed by atoms with van der Waals surface area (Å²) in [6.07, 6.45) is -2.86. The molecule has 114 valence electrons. The zero-order valence-electron chi connectivity index (χ0n) is 11.8. The fraction of sp³-hybridized carbons (Fsp3) is 0.375. The maximum atomic E-state index is 12.7. The molecule has 0 saturated carbocycles. The number of nitrogens with one attached hydrogen (secondary N) is 1. The van der Waals surface area contributed by atoms with E-state index in [1.165, 1.54) is 17.7 Å². The van der Waals surface area contributed by atoms with Crippen LogP contribution in [0.3, 0.4) is 0 Å². The Hall–Kier alpha value is -1.33. The van der Waals surface area contributed by atoms with E-state index in [4.69, 9.17) is 0 Å². The van der Waals surface area contributed by atoms with Gasteiger partial charge in [0, 0.05) is 6.04 Å². The molecule has 1 aromatic heterocycles. The molecule has 1 nitrogen and oxygen atoms in total. The maximum absolute atomic E-state index is 12.7. The lowest BCUT2D eigenvalue weighted by atomic mass is 9.99. The van der Waals surface area contributed by atoms with E-state index in [2.05, 4.69) is 16.8 Å². The van der Waals surface area contributed by atoms with Gasteiger partial charge < -0.3 is 5.32 Å². The second-order valence-electron chi connectivity index (χ2n) is 4.99. The van der Waals surface area contributed by atoms with Crippen LogP contribution in [0, 0.1) is 0 Å². The molecule has 0 saturated heterocycles. The second kappa shape index (κ2) is 7.09. The van der Waals surface area contributed by atoms with Gasteiger partial charge in [-0.3, -0.25) is 0 Å². The fourth-order valence-corrected chi connectivity index (χ4v) is 3.04. The number of thiophene rings is 1. The van der Waals surface area contributed by atoms with Gasteiger partial charge in [-0.1, -0.05) is 25.1 Å². The molecule has 0 radical (unpaired) electrons. The summed E-state index contributed by atoms with van der Waals surface area (Å²) in [5.41, 5.74) is 1.36. The van der Waals surface area contributed by atoms with Crippen LogP contribution in [0.2, 0.25) is 0 Å². The van der Waals surface area contributed by atoms with Gasteiger partial charge in [-0.25, -0.2) is 0 Å². The van der Waals surface area contributed by atoms with Gasteiger partial charge >= 0.3 is 6.18 Å². The van der Waals surface area contributed by atoms with Crippen molar-refractivity contribution in [2.45, 2.75) is 32.0 Å². The molecule has 1 N–H and O–H groups in total. The Kier molecular flexibility index (Phi) is 5.42. The third-order valence-electron chi connectivity index (χ3n) is 3.29. The number of hydrogen-bond donors (Lipinski definition) is 1. The van der Waals surface area contributed by atoms with Gasteiger partial charge in [0.25, 0.3) is 0 Å². The fourth-order valence-electron chi connectivity index (χ4n) is 2.36. The SMILES string of the molecule is CCNC(Cc1ccsc1)Cc1cccc(C(F)(F)F)c1. The molecule has 1 unspecified atom stereocenters. The Bertz CT molecular complexity index is 549. The van der Waals surface area contributed by atoms with Gasteiger partial charge in [0.2, 0.25) is 0 Å². The van der Waals surface area contributed by atoms with E-state index >= 15 is 0 Å². The number of hydrogen-bond acceptors (Lipinski definition) is 2. The minimum Gasteiger partial charge on any atom is -0.314 e. The van der Waals surface area contributed by atoms with Crippen LogP contribution in [0.1, 0.15) is 23.6 Å². The van der Waals surface area contributed by atoms with E-state index < -0.39 is 11.7 Å². The van der Waals surface area contributed by atoms with Gasteiger partial charge in [-0.2, -0.15) is 24.5 Å². The van der Waals surface area contributed by atoms with Gasteiger partial charge in [0.05, 0.1) is 5.56 Å². The molecule has 21 heavy (non-hydrogen) atoms. The molecule has 0 aliphatic carbocycles. The minimum absolute atomic E-state index is 0.146. The van der Waals surface area contributed by atoms with Crippen LogP contribution in [0.4, 0.5) is 13.2 Å². The molecule has 5 heteroatoms. The minimum atomic E-state index is -4.28. The molecule has 0 bridgehead atoms. The van der Waals surface area contributed by atoms with Crippen molar-refractivity contribution < 1.29 is 13.2 Å². The maximum Gasteiger partial charge on any atom is 0.416 e. The molecule has 0 aliphatic heterocycles. The van der Waals surface area contributed by atoms with E-state index in [1.807, 2.05) is 12.3 Å². The summed E-state index contributed by atoms with van der Waals surface area (Å²) in [4.78, 5) is 0. The summed E-state index contributed by atoms with van der Waals surface area (Å²) in [6.45, 7) is 2.81. The first-order valence-electron chi connectivity index (χ1n) is 6.89. The molecule has 0 fully saturated rings. The van der Waals surface area contributed by atoms with Gasteiger partial charge in [0.1, 0.15) is 0 Å². The van der Waals surface area contributed by atoms with Crippen LogP contribution in [-0.4, -0.2) is 12.6 Å². The molecule has 1 atom stereocenters. The molecule has 0 amide bonds. The Morgan fingerprint density at radius 2 is 1.90 bits per heavy atom. The average molecular weight is 313 g/mol. The smallest absolute Gasteiger partial charge is 0.314 e. The summed E-state index contributed by atoms with van der Waals surface area (Å²) >= 11 is 1.64. The van der Waals surface area contributed by atoms with Crippen LogP contribution in [0.15, 0.2) is 41.1 Å². The predicted molar refractivity (Wildman–Crippen MR) is 80.6 cm³/mol. The van der Waals surface area contributed by atoms with Crippen LogP contribution >= 0.6 is 11.3 Å². The molecule has 0 spiro atoms. The normalized spacial score (nSPS) is 13.3. The molecular weight excluding hydrogens is 295 g/mol. The second-order valence-corrected chi connectivity index (χ2v) is 5.77. The number of rotatable bonds is 6. The number of likely N-dealkylation sites (N-methyl/N-ethyl adjacent to an activating group) is 1. The summed E-state index contributed by atoms with van der Waals surface area (Å²) in [6, 6.07) is 7.80. The summed E-state index contributed by atoms with van der Waals surface area (Å²) in [5, 5.41) is 7.45. The van der Waals surface area contributed by atoms with E-state index in [0.29, 0.717) is 12.0 Å². The average Bonchev–Trinajstić information content (AvgIpc) is 2.91. The number of alkyl halides is 3. The first-order chi connectivity index (χ1) is 9.99. The highest BCUT2D eigenvalue weighted by Crippen LogP contribution is 2.29. The van der Waals surface area contributed by atoms with Gasteiger partial charge in [0.15, 0.2) is 0 Å². The number of halogens is 3. The van der Waals surface area contributed by atoms with Crippen molar-refractivity contribution in [3.05, 3.63) is 57.8 Å².